The Kier molecular flexibility index (Phi) is 6.98. The summed E-state index contributed by atoms with van der Waals surface area (Å²) in [6.45, 7) is 6.07. The Morgan fingerprint density at radius 1 is 1.04 bits per heavy atom. The van der Waals surface area contributed by atoms with Gasteiger partial charge in [0.05, 0.1) is 4.90 Å². The van der Waals surface area contributed by atoms with E-state index in [9.17, 15) is 13.2 Å². The molecule has 7 heteroatoms. The second kappa shape index (κ2) is 9.01. The highest BCUT2D eigenvalue weighted by Gasteiger charge is 2.22. The number of ether oxygens (including phenoxy) is 1. The van der Waals surface area contributed by atoms with Crippen molar-refractivity contribution >= 4 is 21.6 Å². The molecule has 6 nitrogen and oxygen atoms in total. The fourth-order valence-corrected chi connectivity index (χ4v) is 4.23. The number of amides is 1. The minimum Gasteiger partial charge on any atom is -0.483 e. The van der Waals surface area contributed by atoms with Crippen LogP contribution in [0.4, 0.5) is 5.69 Å². The van der Waals surface area contributed by atoms with Gasteiger partial charge in [0.1, 0.15) is 5.75 Å². The van der Waals surface area contributed by atoms with Gasteiger partial charge in [0.2, 0.25) is 10.0 Å². The van der Waals surface area contributed by atoms with Crippen LogP contribution >= 0.6 is 0 Å². The van der Waals surface area contributed by atoms with Gasteiger partial charge >= 0.3 is 0 Å². The zero-order valence-corrected chi connectivity index (χ0v) is 17.0. The first-order chi connectivity index (χ1) is 12.8. The van der Waals surface area contributed by atoms with E-state index in [1.165, 1.54) is 15.3 Å². The molecule has 0 bridgehead atoms. The zero-order valence-electron chi connectivity index (χ0n) is 16.2. The Morgan fingerprint density at radius 2 is 1.67 bits per heavy atom. The molecule has 0 fully saturated rings. The van der Waals surface area contributed by atoms with Gasteiger partial charge in [-0.3, -0.25) is 4.79 Å². The number of sulfonamides is 1. The van der Waals surface area contributed by atoms with Crippen molar-refractivity contribution in [1.29, 1.82) is 0 Å². The molecule has 0 aromatic heterocycles. The van der Waals surface area contributed by atoms with Crippen LogP contribution in [0.2, 0.25) is 0 Å². The molecule has 0 saturated heterocycles. The molecule has 0 unspecified atom stereocenters. The van der Waals surface area contributed by atoms with Gasteiger partial charge in [-0.05, 0) is 42.8 Å². The second-order valence-electron chi connectivity index (χ2n) is 6.09. The molecule has 27 heavy (non-hydrogen) atoms. The standard InChI is InChI=1S/C20H26N2O4S/c1-5-22(6-2)27(24,25)18-12-13-19(16(3)14-18)26-15-20(23)21(4)17-10-8-7-9-11-17/h7-14H,5-6,15H2,1-4H3. The summed E-state index contributed by atoms with van der Waals surface area (Å²) in [4.78, 5) is 14.1. The van der Waals surface area contributed by atoms with Gasteiger partial charge < -0.3 is 9.64 Å². The summed E-state index contributed by atoms with van der Waals surface area (Å²) < 4.78 is 32.2. The molecule has 1 amide bonds. The molecule has 0 spiro atoms. The molecule has 2 rings (SSSR count). The monoisotopic (exact) mass is 390 g/mol. The Hall–Kier alpha value is -2.38. The van der Waals surface area contributed by atoms with Gasteiger partial charge in [-0.1, -0.05) is 32.0 Å². The number of likely N-dealkylation sites (N-methyl/N-ethyl adjacent to an activating group) is 1. The van der Waals surface area contributed by atoms with E-state index in [-0.39, 0.29) is 17.4 Å². The minimum absolute atomic E-state index is 0.131. The Bertz CT molecular complexity index is 878. The first-order valence-corrected chi connectivity index (χ1v) is 10.3. The quantitative estimate of drug-likeness (QED) is 0.695. The number of nitrogens with zero attached hydrogens (tertiary/aromatic N) is 2. The van der Waals surface area contributed by atoms with Crippen molar-refractivity contribution in [3.05, 3.63) is 54.1 Å². The van der Waals surface area contributed by atoms with Crippen LogP contribution in [0.15, 0.2) is 53.4 Å². The summed E-state index contributed by atoms with van der Waals surface area (Å²) in [5, 5.41) is 0. The number of aryl methyl sites for hydroxylation is 1. The highest BCUT2D eigenvalue weighted by atomic mass is 32.2. The predicted molar refractivity (Wildman–Crippen MR) is 107 cm³/mol. The van der Waals surface area contributed by atoms with E-state index in [4.69, 9.17) is 4.74 Å². The lowest BCUT2D eigenvalue weighted by molar-refractivity contribution is -0.120. The lowest BCUT2D eigenvalue weighted by Crippen LogP contribution is -2.31. The molecule has 0 aliphatic carbocycles. The van der Waals surface area contributed by atoms with Crippen molar-refractivity contribution in [3.63, 3.8) is 0 Å². The number of anilines is 1. The summed E-state index contributed by atoms with van der Waals surface area (Å²) in [6, 6.07) is 14.0. The topological polar surface area (TPSA) is 66.9 Å². The van der Waals surface area contributed by atoms with Crippen molar-refractivity contribution in [3.8, 4) is 5.75 Å². The van der Waals surface area contributed by atoms with E-state index in [2.05, 4.69) is 0 Å². The van der Waals surface area contributed by atoms with Crippen LogP contribution in [-0.4, -0.2) is 45.4 Å². The first kappa shape index (κ1) is 20.9. The molecule has 0 aliphatic heterocycles. The van der Waals surface area contributed by atoms with Crippen LogP contribution in [-0.2, 0) is 14.8 Å². The SMILES string of the molecule is CCN(CC)S(=O)(=O)c1ccc(OCC(=O)N(C)c2ccccc2)c(C)c1. The Morgan fingerprint density at radius 3 is 2.22 bits per heavy atom. The molecule has 0 atom stereocenters. The molecule has 0 N–H and O–H groups in total. The third kappa shape index (κ3) is 4.87. The molecule has 146 valence electrons. The van der Waals surface area contributed by atoms with Gasteiger partial charge in [-0.25, -0.2) is 8.42 Å². The average molecular weight is 391 g/mol. The van der Waals surface area contributed by atoms with E-state index in [0.29, 0.717) is 24.4 Å². The van der Waals surface area contributed by atoms with Gasteiger partial charge in [0.25, 0.3) is 5.91 Å². The van der Waals surface area contributed by atoms with Crippen molar-refractivity contribution in [1.82, 2.24) is 4.31 Å². The van der Waals surface area contributed by atoms with Gasteiger partial charge in [0.15, 0.2) is 6.61 Å². The smallest absolute Gasteiger partial charge is 0.264 e. The number of hydrogen-bond acceptors (Lipinski definition) is 4. The van der Waals surface area contributed by atoms with Crippen molar-refractivity contribution < 1.29 is 17.9 Å². The molecule has 0 saturated carbocycles. The van der Waals surface area contributed by atoms with Gasteiger partial charge in [-0.15, -0.1) is 0 Å². The van der Waals surface area contributed by atoms with Crippen molar-refractivity contribution in [2.24, 2.45) is 0 Å². The Labute approximate surface area is 161 Å². The average Bonchev–Trinajstić information content (AvgIpc) is 2.67. The van der Waals surface area contributed by atoms with Crippen molar-refractivity contribution in [2.45, 2.75) is 25.7 Å². The summed E-state index contributed by atoms with van der Waals surface area (Å²) in [5.41, 5.74) is 1.45. The molecule has 2 aromatic carbocycles. The van der Waals surface area contributed by atoms with E-state index < -0.39 is 10.0 Å². The summed E-state index contributed by atoms with van der Waals surface area (Å²) in [5.74, 6) is 0.295. The zero-order chi connectivity index (χ0) is 20.0. The van der Waals surface area contributed by atoms with E-state index in [1.54, 1.807) is 40.0 Å². The minimum atomic E-state index is -3.52. The second-order valence-corrected chi connectivity index (χ2v) is 8.03. The fourth-order valence-electron chi connectivity index (χ4n) is 2.69. The van der Waals surface area contributed by atoms with Crippen LogP contribution in [0.1, 0.15) is 19.4 Å². The van der Waals surface area contributed by atoms with Crippen LogP contribution in [0.25, 0.3) is 0 Å². The number of carbonyl (C=O) groups excluding carboxylic acids is 1. The van der Waals surface area contributed by atoms with Crippen LogP contribution in [0.3, 0.4) is 0 Å². The molecule has 0 radical (unpaired) electrons. The van der Waals surface area contributed by atoms with E-state index in [1.807, 2.05) is 30.3 Å². The van der Waals surface area contributed by atoms with Crippen LogP contribution < -0.4 is 9.64 Å². The maximum atomic E-state index is 12.6. The van der Waals surface area contributed by atoms with Crippen LogP contribution in [0, 0.1) is 6.92 Å². The molecule has 2 aromatic rings. The summed E-state index contributed by atoms with van der Waals surface area (Å²) >= 11 is 0. The van der Waals surface area contributed by atoms with Crippen LogP contribution in [0.5, 0.6) is 5.75 Å². The maximum Gasteiger partial charge on any atom is 0.264 e. The molecule has 0 aliphatic rings. The fraction of sp³-hybridized carbons (Fsp3) is 0.350. The first-order valence-electron chi connectivity index (χ1n) is 8.86. The normalized spacial score (nSPS) is 11.4. The maximum absolute atomic E-state index is 12.6. The summed E-state index contributed by atoms with van der Waals surface area (Å²) in [7, 11) is -1.83. The number of hydrogen-bond donors (Lipinski definition) is 0. The molecular weight excluding hydrogens is 364 g/mol. The summed E-state index contributed by atoms with van der Waals surface area (Å²) in [6.07, 6.45) is 0. The van der Waals surface area contributed by atoms with E-state index >= 15 is 0 Å². The van der Waals surface area contributed by atoms with Crippen molar-refractivity contribution in [2.75, 3.05) is 31.6 Å². The largest absolute Gasteiger partial charge is 0.483 e. The van der Waals surface area contributed by atoms with Gasteiger partial charge in [-0.2, -0.15) is 4.31 Å². The number of carbonyl (C=O) groups is 1. The van der Waals surface area contributed by atoms with E-state index in [0.717, 1.165) is 5.69 Å². The lowest BCUT2D eigenvalue weighted by Gasteiger charge is -2.20. The third-order valence-electron chi connectivity index (χ3n) is 4.36. The number of rotatable bonds is 8. The third-order valence-corrected chi connectivity index (χ3v) is 6.40. The highest BCUT2D eigenvalue weighted by molar-refractivity contribution is 7.89. The molecule has 0 heterocycles. The number of para-hydroxylation sites is 1. The predicted octanol–water partition coefficient (Wildman–Crippen LogP) is 3.07. The molecular formula is C20H26N2O4S. The Balaban J connectivity index is 2.09. The number of benzene rings is 2. The lowest BCUT2D eigenvalue weighted by atomic mass is 10.2. The van der Waals surface area contributed by atoms with Gasteiger partial charge in [0, 0.05) is 25.8 Å². The highest BCUT2D eigenvalue weighted by Crippen LogP contribution is 2.24.